The van der Waals surface area contributed by atoms with Gasteiger partial charge in [-0.05, 0) is 44.9 Å². The molecule has 2 fully saturated rings. The molecule has 0 spiro atoms. The molecule has 0 radical (unpaired) electrons. The molecule has 3 N–H and O–H groups in total. The van der Waals surface area contributed by atoms with Crippen molar-refractivity contribution >= 4 is 5.91 Å². The molecule has 0 bridgehead atoms. The van der Waals surface area contributed by atoms with Crippen molar-refractivity contribution in [2.45, 2.75) is 57.5 Å². The van der Waals surface area contributed by atoms with Crippen LogP contribution in [0.25, 0.3) is 0 Å². The van der Waals surface area contributed by atoms with Gasteiger partial charge in [0, 0.05) is 12.6 Å². The van der Waals surface area contributed by atoms with Crippen molar-refractivity contribution in [2.75, 3.05) is 13.2 Å². The number of amides is 1. The fourth-order valence-corrected chi connectivity index (χ4v) is 2.60. The van der Waals surface area contributed by atoms with Crippen LogP contribution < -0.4 is 11.1 Å². The molecule has 0 aromatic heterocycles. The highest BCUT2D eigenvalue weighted by molar-refractivity contribution is 5.85. The first-order chi connectivity index (χ1) is 8.54. The zero-order chi connectivity index (χ0) is 13.2. The number of nitrogens with two attached hydrogens (primary N) is 1. The van der Waals surface area contributed by atoms with Crippen LogP contribution >= 0.6 is 0 Å². The molecule has 0 aromatic rings. The third-order valence-corrected chi connectivity index (χ3v) is 3.96. The average Bonchev–Trinajstić information content (AvgIpc) is 3.15. The van der Waals surface area contributed by atoms with Gasteiger partial charge < -0.3 is 10.5 Å². The zero-order valence-corrected chi connectivity index (χ0v) is 11.6. The van der Waals surface area contributed by atoms with Gasteiger partial charge in [0.15, 0.2) is 0 Å². The maximum absolute atomic E-state index is 11.9. The van der Waals surface area contributed by atoms with Crippen LogP contribution in [0.4, 0.5) is 0 Å². The summed E-state index contributed by atoms with van der Waals surface area (Å²) in [5, 5.41) is 3.36. The number of carbonyl (C=O) groups excluding carboxylic acids is 1. The van der Waals surface area contributed by atoms with E-state index in [9.17, 15) is 4.79 Å². The number of hydrogen-bond donors (Lipinski definition) is 2. The van der Waals surface area contributed by atoms with Gasteiger partial charge in [-0.25, -0.2) is 0 Å². The van der Waals surface area contributed by atoms with Crippen molar-refractivity contribution in [3.8, 4) is 0 Å². The molecule has 1 amide bonds. The van der Waals surface area contributed by atoms with Crippen molar-refractivity contribution in [1.82, 2.24) is 5.32 Å². The Hall–Kier alpha value is -0.610. The van der Waals surface area contributed by atoms with E-state index < -0.39 is 5.54 Å². The van der Waals surface area contributed by atoms with Gasteiger partial charge in [0.25, 0.3) is 0 Å². The molecular weight excluding hydrogens is 228 g/mol. The Kier molecular flexibility index (Phi) is 4.28. The van der Waals surface area contributed by atoms with Crippen molar-refractivity contribution in [2.24, 2.45) is 17.6 Å². The van der Waals surface area contributed by atoms with Gasteiger partial charge in [-0.15, -0.1) is 0 Å². The highest BCUT2D eigenvalue weighted by atomic mass is 16.5. The van der Waals surface area contributed by atoms with Crippen LogP contribution in [0.15, 0.2) is 0 Å². The summed E-state index contributed by atoms with van der Waals surface area (Å²) < 4.78 is 5.75. The predicted molar refractivity (Wildman–Crippen MR) is 71.1 cm³/mol. The summed E-state index contributed by atoms with van der Waals surface area (Å²) in [6, 6.07) is 0.241. The molecule has 0 aromatic carbocycles. The molecule has 2 aliphatic rings. The van der Waals surface area contributed by atoms with Crippen molar-refractivity contribution in [3.63, 3.8) is 0 Å². The molecule has 4 heteroatoms. The minimum absolute atomic E-state index is 0.241. The molecule has 4 nitrogen and oxygen atoms in total. The molecule has 18 heavy (non-hydrogen) atoms. The van der Waals surface area contributed by atoms with E-state index in [4.69, 9.17) is 10.5 Å². The quantitative estimate of drug-likeness (QED) is 0.612. The minimum Gasteiger partial charge on any atom is -0.379 e. The second-order valence-electron chi connectivity index (χ2n) is 6.19. The number of primary amides is 1. The molecule has 0 saturated heterocycles. The number of ether oxygens (including phenoxy) is 1. The second-order valence-corrected chi connectivity index (χ2v) is 6.19. The number of hydrogen-bond acceptors (Lipinski definition) is 3. The fourth-order valence-electron chi connectivity index (χ4n) is 2.60. The third-order valence-electron chi connectivity index (χ3n) is 3.96. The van der Waals surface area contributed by atoms with Gasteiger partial charge >= 0.3 is 0 Å². The van der Waals surface area contributed by atoms with Crippen molar-refractivity contribution < 1.29 is 9.53 Å². The lowest BCUT2D eigenvalue weighted by Gasteiger charge is -2.33. The molecule has 0 aliphatic heterocycles. The number of carbonyl (C=O) groups is 1. The molecule has 104 valence electrons. The van der Waals surface area contributed by atoms with Gasteiger partial charge in [-0.2, -0.15) is 0 Å². The van der Waals surface area contributed by atoms with Gasteiger partial charge in [0.05, 0.1) is 6.61 Å². The van der Waals surface area contributed by atoms with Gasteiger partial charge in [-0.1, -0.05) is 12.8 Å². The molecule has 2 rings (SSSR count). The van der Waals surface area contributed by atoms with Crippen LogP contribution in [0, 0.1) is 11.8 Å². The maximum Gasteiger partial charge on any atom is 0.240 e. The lowest BCUT2D eigenvalue weighted by atomic mass is 9.92. The first-order valence-electron chi connectivity index (χ1n) is 7.20. The first kappa shape index (κ1) is 13.8. The first-order valence-corrected chi connectivity index (χ1v) is 7.20. The van der Waals surface area contributed by atoms with E-state index in [0.29, 0.717) is 12.5 Å². The summed E-state index contributed by atoms with van der Waals surface area (Å²) in [6.07, 6.45) is 5.97. The molecule has 1 unspecified atom stereocenters. The summed E-state index contributed by atoms with van der Waals surface area (Å²) in [4.78, 5) is 11.9. The predicted octanol–water partition coefficient (Wildman–Crippen LogP) is 1.44. The largest absolute Gasteiger partial charge is 0.379 e. The summed E-state index contributed by atoms with van der Waals surface area (Å²) in [5.41, 5.74) is 4.99. The van der Waals surface area contributed by atoms with E-state index in [1.54, 1.807) is 0 Å². The van der Waals surface area contributed by atoms with Gasteiger partial charge in [-0.3, -0.25) is 10.1 Å². The normalized spacial score (nSPS) is 23.1. The Balaban J connectivity index is 1.86. The van der Waals surface area contributed by atoms with Crippen LogP contribution in [0.5, 0.6) is 0 Å². The monoisotopic (exact) mass is 254 g/mol. The number of rotatable bonds is 9. The standard InChI is InChI=1S/C14H26N2O2/c1-10(2)16-14(13(15)17,12-5-6-12)9-18-8-7-11-3-4-11/h10-12,16H,3-9H2,1-2H3,(H2,15,17). The Morgan fingerprint density at radius 2 is 2.06 bits per heavy atom. The summed E-state index contributed by atoms with van der Waals surface area (Å²) in [7, 11) is 0. The Labute approximate surface area is 110 Å². The van der Waals surface area contributed by atoms with E-state index >= 15 is 0 Å². The Morgan fingerprint density at radius 1 is 1.39 bits per heavy atom. The van der Waals surface area contributed by atoms with Crippen molar-refractivity contribution in [3.05, 3.63) is 0 Å². The zero-order valence-electron chi connectivity index (χ0n) is 11.6. The summed E-state index contributed by atoms with van der Waals surface area (Å²) >= 11 is 0. The van der Waals surface area contributed by atoms with E-state index in [-0.39, 0.29) is 11.9 Å². The molecule has 0 heterocycles. The highest BCUT2D eigenvalue weighted by Crippen LogP contribution is 2.40. The lowest BCUT2D eigenvalue weighted by Crippen LogP contribution is -2.62. The fraction of sp³-hybridized carbons (Fsp3) is 0.929. The van der Waals surface area contributed by atoms with Crippen LogP contribution in [0.2, 0.25) is 0 Å². The van der Waals surface area contributed by atoms with E-state index in [1.807, 2.05) is 13.8 Å². The SMILES string of the molecule is CC(C)NC(COCCC1CC1)(C(N)=O)C1CC1. The lowest BCUT2D eigenvalue weighted by molar-refractivity contribution is -0.128. The van der Waals surface area contributed by atoms with Crippen LogP contribution in [0.1, 0.15) is 46.0 Å². The highest BCUT2D eigenvalue weighted by Gasteiger charge is 2.50. The average molecular weight is 254 g/mol. The Morgan fingerprint density at radius 3 is 2.50 bits per heavy atom. The van der Waals surface area contributed by atoms with Crippen LogP contribution in [-0.2, 0) is 9.53 Å². The molecule has 1 atom stereocenters. The second kappa shape index (κ2) is 5.57. The minimum atomic E-state index is -0.641. The number of nitrogens with one attached hydrogen (secondary N) is 1. The van der Waals surface area contributed by atoms with E-state index in [1.165, 1.54) is 12.8 Å². The van der Waals surface area contributed by atoms with Crippen LogP contribution in [-0.4, -0.2) is 30.7 Å². The third kappa shape index (κ3) is 3.45. The van der Waals surface area contributed by atoms with E-state index in [2.05, 4.69) is 5.32 Å². The van der Waals surface area contributed by atoms with Crippen LogP contribution in [0.3, 0.4) is 0 Å². The molecule has 2 aliphatic carbocycles. The maximum atomic E-state index is 11.9. The smallest absolute Gasteiger partial charge is 0.240 e. The summed E-state index contributed by atoms with van der Waals surface area (Å²) in [6.45, 7) is 5.28. The van der Waals surface area contributed by atoms with Gasteiger partial charge in [0.2, 0.25) is 5.91 Å². The topological polar surface area (TPSA) is 64.3 Å². The van der Waals surface area contributed by atoms with Crippen molar-refractivity contribution in [1.29, 1.82) is 0 Å². The Bertz CT molecular complexity index is 298. The molecule has 2 saturated carbocycles. The molecular formula is C14H26N2O2. The summed E-state index contributed by atoms with van der Waals surface area (Å²) in [5.74, 6) is 0.968. The van der Waals surface area contributed by atoms with E-state index in [0.717, 1.165) is 31.8 Å². The van der Waals surface area contributed by atoms with Gasteiger partial charge in [0.1, 0.15) is 5.54 Å².